The van der Waals surface area contributed by atoms with Gasteiger partial charge < -0.3 is 24.8 Å². The minimum absolute atomic E-state index is 0.0858. The zero-order chi connectivity index (χ0) is 14.8. The molecule has 2 N–H and O–H groups in total. The summed E-state index contributed by atoms with van der Waals surface area (Å²) in [4.78, 5) is 14.3. The number of carbonyl (C=O) groups excluding carboxylic acids is 1. The Labute approximate surface area is 123 Å². The van der Waals surface area contributed by atoms with Crippen molar-refractivity contribution in [3.8, 4) is 11.5 Å². The highest BCUT2D eigenvalue weighted by Gasteiger charge is 2.24. The van der Waals surface area contributed by atoms with Gasteiger partial charge in [-0.25, -0.2) is 0 Å². The lowest BCUT2D eigenvalue weighted by Gasteiger charge is -2.27. The first-order valence-corrected chi connectivity index (χ1v) is 7.17. The van der Waals surface area contributed by atoms with Gasteiger partial charge in [-0.15, -0.1) is 0 Å². The van der Waals surface area contributed by atoms with E-state index >= 15 is 0 Å². The van der Waals surface area contributed by atoms with Gasteiger partial charge in [0.2, 0.25) is 6.79 Å². The van der Waals surface area contributed by atoms with Gasteiger partial charge in [0.15, 0.2) is 11.5 Å². The van der Waals surface area contributed by atoms with Gasteiger partial charge in [-0.2, -0.15) is 0 Å². The van der Waals surface area contributed by atoms with E-state index in [9.17, 15) is 4.79 Å². The third kappa shape index (κ3) is 2.90. The average molecular weight is 292 g/mol. The molecule has 0 saturated carbocycles. The molecule has 0 unspecified atom stereocenters. The van der Waals surface area contributed by atoms with Crippen LogP contribution in [-0.2, 0) is 4.74 Å². The molecule has 0 aromatic heterocycles. The van der Waals surface area contributed by atoms with Crippen LogP contribution in [0.2, 0.25) is 0 Å². The first-order chi connectivity index (χ1) is 10.1. The van der Waals surface area contributed by atoms with Crippen LogP contribution >= 0.6 is 0 Å². The second kappa shape index (κ2) is 5.81. The van der Waals surface area contributed by atoms with Crippen LogP contribution in [0.15, 0.2) is 12.1 Å². The van der Waals surface area contributed by atoms with E-state index < -0.39 is 0 Å². The molecule has 0 atom stereocenters. The topological polar surface area (TPSA) is 74.0 Å². The molecule has 0 aliphatic carbocycles. The Kier molecular flexibility index (Phi) is 3.88. The van der Waals surface area contributed by atoms with Crippen molar-refractivity contribution in [2.45, 2.75) is 12.8 Å². The van der Waals surface area contributed by atoms with E-state index in [0.717, 1.165) is 32.6 Å². The summed E-state index contributed by atoms with van der Waals surface area (Å²) in [5, 5.41) is 0. The van der Waals surface area contributed by atoms with Crippen molar-refractivity contribution in [3.05, 3.63) is 17.7 Å². The Morgan fingerprint density at radius 3 is 2.67 bits per heavy atom. The average Bonchev–Trinajstić information content (AvgIpc) is 2.93. The molecular weight excluding hydrogens is 272 g/mol. The Hall–Kier alpha value is -1.95. The summed E-state index contributed by atoms with van der Waals surface area (Å²) in [5.41, 5.74) is 6.85. The Morgan fingerprint density at radius 2 is 1.95 bits per heavy atom. The number of benzene rings is 1. The number of hydrogen-bond acceptors (Lipinski definition) is 5. The van der Waals surface area contributed by atoms with E-state index in [4.69, 9.17) is 19.9 Å². The molecule has 1 amide bonds. The number of hydrogen-bond donors (Lipinski definition) is 1. The molecule has 2 aliphatic rings. The summed E-state index contributed by atoms with van der Waals surface area (Å²) in [6, 6.07) is 3.32. The number of rotatable bonds is 3. The number of nitrogens with two attached hydrogens (primary N) is 1. The maximum absolute atomic E-state index is 12.6. The van der Waals surface area contributed by atoms with E-state index in [1.165, 1.54) is 0 Å². The maximum Gasteiger partial charge on any atom is 0.255 e. The predicted octanol–water partition coefficient (Wildman–Crippen LogP) is 1.50. The highest BCUT2D eigenvalue weighted by atomic mass is 16.7. The van der Waals surface area contributed by atoms with Gasteiger partial charge in [-0.05, 0) is 24.8 Å². The van der Waals surface area contributed by atoms with E-state index in [0.29, 0.717) is 28.7 Å². The zero-order valence-electron chi connectivity index (χ0n) is 12.1. The Balaban J connectivity index is 1.72. The van der Waals surface area contributed by atoms with Crippen molar-refractivity contribution in [1.82, 2.24) is 4.90 Å². The Bertz CT molecular complexity index is 541. The van der Waals surface area contributed by atoms with Gasteiger partial charge in [0.25, 0.3) is 5.91 Å². The van der Waals surface area contributed by atoms with Crippen LogP contribution < -0.4 is 15.2 Å². The van der Waals surface area contributed by atoms with Crippen LogP contribution in [0.1, 0.15) is 23.2 Å². The van der Waals surface area contributed by atoms with E-state index in [-0.39, 0.29) is 12.7 Å². The lowest BCUT2D eigenvalue weighted by Crippen LogP contribution is -2.34. The molecule has 0 radical (unpaired) electrons. The minimum Gasteiger partial charge on any atom is -0.454 e. The van der Waals surface area contributed by atoms with Gasteiger partial charge in [0, 0.05) is 38.6 Å². The third-order valence-corrected chi connectivity index (χ3v) is 3.99. The fourth-order valence-electron chi connectivity index (χ4n) is 2.75. The predicted molar refractivity (Wildman–Crippen MR) is 77.5 cm³/mol. The molecule has 6 nitrogen and oxygen atoms in total. The first kappa shape index (κ1) is 14.0. The number of nitrogens with zero attached hydrogens (tertiary/aromatic N) is 1. The number of nitrogen functional groups attached to an aromatic ring is 1. The summed E-state index contributed by atoms with van der Waals surface area (Å²) in [6.45, 7) is 2.44. The van der Waals surface area contributed by atoms with Crippen molar-refractivity contribution in [1.29, 1.82) is 0 Å². The smallest absolute Gasteiger partial charge is 0.255 e. The van der Waals surface area contributed by atoms with Crippen LogP contribution in [0.5, 0.6) is 11.5 Å². The van der Waals surface area contributed by atoms with Crippen molar-refractivity contribution < 1.29 is 19.0 Å². The SMILES string of the molecule is CN(CC1CCOCC1)C(=O)c1cc2c(cc1N)OCO2. The van der Waals surface area contributed by atoms with Crippen molar-refractivity contribution in [2.75, 3.05) is 39.3 Å². The summed E-state index contributed by atoms with van der Waals surface area (Å²) in [6.07, 6.45) is 1.99. The van der Waals surface area contributed by atoms with Crippen molar-refractivity contribution >= 4 is 11.6 Å². The van der Waals surface area contributed by atoms with Crippen LogP contribution in [0.4, 0.5) is 5.69 Å². The second-order valence-electron chi connectivity index (χ2n) is 5.53. The van der Waals surface area contributed by atoms with Gasteiger partial charge in [0.1, 0.15) is 0 Å². The third-order valence-electron chi connectivity index (χ3n) is 3.99. The fourth-order valence-corrected chi connectivity index (χ4v) is 2.75. The molecule has 1 aromatic rings. The van der Waals surface area contributed by atoms with Crippen LogP contribution in [0.25, 0.3) is 0 Å². The molecule has 1 saturated heterocycles. The monoisotopic (exact) mass is 292 g/mol. The van der Waals surface area contributed by atoms with Gasteiger partial charge in [-0.1, -0.05) is 0 Å². The summed E-state index contributed by atoms with van der Waals surface area (Å²) in [7, 11) is 1.81. The summed E-state index contributed by atoms with van der Waals surface area (Å²) in [5.74, 6) is 1.57. The molecule has 1 aromatic carbocycles. The highest BCUT2D eigenvalue weighted by Crippen LogP contribution is 2.36. The van der Waals surface area contributed by atoms with E-state index in [1.54, 1.807) is 17.0 Å². The normalized spacial score (nSPS) is 17.8. The number of carbonyl (C=O) groups is 1. The Morgan fingerprint density at radius 1 is 1.29 bits per heavy atom. The minimum atomic E-state index is -0.0858. The molecule has 6 heteroatoms. The number of fused-ring (bicyclic) bond motifs is 1. The lowest BCUT2D eigenvalue weighted by atomic mass is 9.99. The molecule has 0 bridgehead atoms. The molecule has 1 fully saturated rings. The number of amides is 1. The van der Waals surface area contributed by atoms with E-state index in [1.807, 2.05) is 7.05 Å². The van der Waals surface area contributed by atoms with Crippen LogP contribution in [0.3, 0.4) is 0 Å². The lowest BCUT2D eigenvalue weighted by molar-refractivity contribution is 0.0497. The first-order valence-electron chi connectivity index (χ1n) is 7.17. The molecule has 114 valence electrons. The molecule has 0 spiro atoms. The zero-order valence-corrected chi connectivity index (χ0v) is 12.1. The number of ether oxygens (including phenoxy) is 3. The van der Waals surface area contributed by atoms with Crippen molar-refractivity contribution in [3.63, 3.8) is 0 Å². The standard InChI is InChI=1S/C15H20N2O4/c1-17(8-10-2-4-19-5-3-10)15(18)11-6-13-14(7-12(11)16)21-9-20-13/h6-7,10H,2-5,8-9,16H2,1H3. The highest BCUT2D eigenvalue weighted by molar-refractivity contribution is 6.00. The molecule has 21 heavy (non-hydrogen) atoms. The van der Waals surface area contributed by atoms with Gasteiger partial charge in [0.05, 0.1) is 5.56 Å². The molecular formula is C15H20N2O4. The molecule has 2 aliphatic heterocycles. The van der Waals surface area contributed by atoms with Crippen LogP contribution in [0, 0.1) is 5.92 Å². The van der Waals surface area contributed by atoms with E-state index in [2.05, 4.69) is 0 Å². The molecule has 3 rings (SSSR count). The van der Waals surface area contributed by atoms with Gasteiger partial charge >= 0.3 is 0 Å². The summed E-state index contributed by atoms with van der Waals surface area (Å²) < 4.78 is 15.9. The quantitative estimate of drug-likeness (QED) is 0.855. The van der Waals surface area contributed by atoms with Crippen molar-refractivity contribution in [2.24, 2.45) is 5.92 Å². The molecule has 2 heterocycles. The maximum atomic E-state index is 12.6. The summed E-state index contributed by atoms with van der Waals surface area (Å²) >= 11 is 0. The van der Waals surface area contributed by atoms with Gasteiger partial charge in [-0.3, -0.25) is 4.79 Å². The number of anilines is 1. The van der Waals surface area contributed by atoms with Crippen LogP contribution in [-0.4, -0.2) is 44.4 Å². The fraction of sp³-hybridized carbons (Fsp3) is 0.533. The largest absolute Gasteiger partial charge is 0.454 e. The second-order valence-corrected chi connectivity index (χ2v) is 5.53.